The van der Waals surface area contributed by atoms with Crippen LogP contribution in [0.2, 0.25) is 0 Å². The molecule has 1 amide bonds. The molecule has 1 aliphatic heterocycles. The van der Waals surface area contributed by atoms with Gasteiger partial charge in [-0.1, -0.05) is 12.1 Å². The highest BCUT2D eigenvalue weighted by atomic mass is 32.2. The van der Waals surface area contributed by atoms with Gasteiger partial charge in [-0.3, -0.25) is 18.8 Å². The maximum absolute atomic E-state index is 12.6. The molecule has 9 nitrogen and oxygen atoms in total. The van der Waals surface area contributed by atoms with Crippen molar-refractivity contribution in [2.24, 2.45) is 4.99 Å². The summed E-state index contributed by atoms with van der Waals surface area (Å²) in [5, 5.41) is 14.2. The molecule has 148 valence electrons. The Labute approximate surface area is 162 Å². The standard InChI is InChI=1S/C16H22N3O6PS/c1-4-23-26(22,24-5-2)25-13-9-7-6-8-12(13)16(20)18-10-14-17-11-15(27-14)19(3)21/h6-9,15H,3-5,10-11H2,1-2H3,(H,18,20). The van der Waals surface area contributed by atoms with Crippen LogP contribution in [-0.4, -0.2) is 54.1 Å². The molecule has 0 saturated heterocycles. The summed E-state index contributed by atoms with van der Waals surface area (Å²) in [4.78, 5) is 16.7. The van der Waals surface area contributed by atoms with Gasteiger partial charge in [0.05, 0.1) is 30.4 Å². The number of hydroxylamine groups is 1. The van der Waals surface area contributed by atoms with E-state index in [0.717, 1.165) is 0 Å². The van der Waals surface area contributed by atoms with Gasteiger partial charge in [-0.05, 0) is 37.7 Å². The molecule has 1 heterocycles. The van der Waals surface area contributed by atoms with E-state index in [0.29, 0.717) is 16.3 Å². The lowest BCUT2D eigenvalue weighted by Gasteiger charge is -2.18. The molecule has 0 aliphatic carbocycles. The van der Waals surface area contributed by atoms with Crippen LogP contribution in [0.3, 0.4) is 0 Å². The fourth-order valence-corrected chi connectivity index (χ4v) is 4.27. The van der Waals surface area contributed by atoms with Crippen LogP contribution in [0.4, 0.5) is 0 Å². The van der Waals surface area contributed by atoms with E-state index in [-0.39, 0.29) is 36.4 Å². The minimum atomic E-state index is -3.82. The summed E-state index contributed by atoms with van der Waals surface area (Å²) in [5.74, 6) is -0.354. The van der Waals surface area contributed by atoms with Crippen molar-refractivity contribution in [3.8, 4) is 5.75 Å². The number of hydrogen-bond donors (Lipinski definition) is 1. The Morgan fingerprint density at radius 1 is 1.41 bits per heavy atom. The summed E-state index contributed by atoms with van der Waals surface area (Å²) in [6, 6.07) is 6.35. The normalized spacial score (nSPS) is 16.7. The molecule has 0 spiro atoms. The van der Waals surface area contributed by atoms with Gasteiger partial charge in [0.25, 0.3) is 5.91 Å². The Kier molecular flexibility index (Phi) is 7.85. The van der Waals surface area contributed by atoms with E-state index in [4.69, 9.17) is 13.6 Å². The van der Waals surface area contributed by atoms with E-state index in [1.54, 1.807) is 26.0 Å². The summed E-state index contributed by atoms with van der Waals surface area (Å²) >= 11 is 1.25. The maximum Gasteiger partial charge on any atom is 0.530 e. The topological polar surface area (TPSA) is 112 Å². The van der Waals surface area contributed by atoms with Crippen molar-refractivity contribution in [1.82, 2.24) is 5.32 Å². The number of carbonyl (C=O) groups is 1. The number of thioether (sulfide) groups is 1. The van der Waals surface area contributed by atoms with Crippen LogP contribution in [0.5, 0.6) is 5.75 Å². The van der Waals surface area contributed by atoms with Crippen molar-refractivity contribution >= 4 is 37.3 Å². The number of aliphatic imine (C=N–C) groups is 1. The highest BCUT2D eigenvalue weighted by molar-refractivity contribution is 8.14. The minimum Gasteiger partial charge on any atom is -0.623 e. The maximum atomic E-state index is 12.6. The van der Waals surface area contributed by atoms with E-state index < -0.39 is 13.7 Å². The Morgan fingerprint density at radius 2 is 2.07 bits per heavy atom. The third kappa shape index (κ3) is 6.07. The van der Waals surface area contributed by atoms with E-state index in [9.17, 15) is 14.6 Å². The lowest BCUT2D eigenvalue weighted by atomic mass is 10.2. The van der Waals surface area contributed by atoms with Gasteiger partial charge in [-0.2, -0.15) is 0 Å². The Bertz CT molecular complexity index is 762. The Hall–Kier alpha value is -1.87. The van der Waals surface area contributed by atoms with E-state index in [1.165, 1.54) is 23.9 Å². The van der Waals surface area contributed by atoms with Gasteiger partial charge in [0, 0.05) is 0 Å². The van der Waals surface area contributed by atoms with Crippen molar-refractivity contribution in [2.75, 3.05) is 26.3 Å². The lowest BCUT2D eigenvalue weighted by Crippen LogP contribution is -2.28. The molecule has 1 aromatic carbocycles. The number of phosphoric ester groups is 1. The second kappa shape index (κ2) is 9.89. The zero-order chi connectivity index (χ0) is 19.9. The molecule has 1 aliphatic rings. The molecule has 1 atom stereocenters. The molecule has 0 aromatic heterocycles. The molecule has 27 heavy (non-hydrogen) atoms. The van der Waals surface area contributed by atoms with Crippen LogP contribution >= 0.6 is 19.6 Å². The Balaban J connectivity index is 2.05. The van der Waals surface area contributed by atoms with Crippen LogP contribution in [0.1, 0.15) is 24.2 Å². The number of phosphoric acid groups is 1. The third-order valence-electron chi connectivity index (χ3n) is 3.33. The molecule has 1 N–H and O–H groups in total. The number of benzene rings is 1. The average Bonchev–Trinajstić information content (AvgIpc) is 3.10. The van der Waals surface area contributed by atoms with E-state index in [1.807, 2.05) is 0 Å². The minimum absolute atomic E-state index is 0.0858. The third-order valence-corrected chi connectivity index (χ3v) is 6.10. The van der Waals surface area contributed by atoms with Gasteiger partial charge < -0.3 is 15.0 Å². The predicted octanol–water partition coefficient (Wildman–Crippen LogP) is 2.66. The van der Waals surface area contributed by atoms with Crippen LogP contribution < -0.4 is 9.84 Å². The fraction of sp³-hybridized carbons (Fsp3) is 0.438. The number of hydrogen-bond acceptors (Lipinski definition) is 8. The molecule has 0 saturated carbocycles. The van der Waals surface area contributed by atoms with Gasteiger partial charge in [0.15, 0.2) is 0 Å². The summed E-state index contributed by atoms with van der Waals surface area (Å²) in [7, 11) is -3.82. The molecular weight excluding hydrogens is 393 g/mol. The van der Waals surface area contributed by atoms with E-state index >= 15 is 0 Å². The summed E-state index contributed by atoms with van der Waals surface area (Å²) < 4.78 is 28.8. The fourth-order valence-electron chi connectivity index (χ4n) is 2.17. The predicted molar refractivity (Wildman–Crippen MR) is 105 cm³/mol. The SMILES string of the molecule is C=[N+]([O-])C1CN=C(CNC(=O)c2ccccc2OP(=O)(OCC)OCC)S1. The van der Waals surface area contributed by atoms with Crippen molar-refractivity contribution in [3.05, 3.63) is 35.0 Å². The molecule has 0 bridgehead atoms. The number of nitrogens with one attached hydrogen (secondary N) is 1. The van der Waals surface area contributed by atoms with Crippen molar-refractivity contribution in [2.45, 2.75) is 19.2 Å². The molecule has 0 radical (unpaired) electrons. The zero-order valence-corrected chi connectivity index (χ0v) is 16.8. The second-order valence-electron chi connectivity index (χ2n) is 5.28. The van der Waals surface area contributed by atoms with E-state index in [2.05, 4.69) is 17.0 Å². The average molecular weight is 415 g/mol. The first-order valence-electron chi connectivity index (χ1n) is 8.31. The molecule has 11 heteroatoms. The molecule has 1 unspecified atom stereocenters. The monoisotopic (exact) mass is 415 g/mol. The smallest absolute Gasteiger partial charge is 0.530 e. The number of amides is 1. The number of para-hydroxylation sites is 1. The van der Waals surface area contributed by atoms with Gasteiger partial charge in [-0.15, -0.1) is 0 Å². The second-order valence-corrected chi connectivity index (χ2v) is 8.12. The summed E-state index contributed by atoms with van der Waals surface area (Å²) in [5.41, 5.74) is 0.180. The summed E-state index contributed by atoms with van der Waals surface area (Å²) in [6.07, 6.45) is 0. The molecule has 2 rings (SSSR count). The number of carbonyl (C=O) groups excluding carboxylic acids is 1. The number of nitrogens with zero attached hydrogens (tertiary/aromatic N) is 2. The lowest BCUT2D eigenvalue weighted by molar-refractivity contribution is -0.460. The van der Waals surface area contributed by atoms with Crippen molar-refractivity contribution in [3.63, 3.8) is 0 Å². The van der Waals surface area contributed by atoms with Crippen molar-refractivity contribution in [1.29, 1.82) is 0 Å². The first-order valence-corrected chi connectivity index (χ1v) is 10.6. The Morgan fingerprint density at radius 3 is 2.67 bits per heavy atom. The highest BCUT2D eigenvalue weighted by Gasteiger charge is 2.30. The number of rotatable bonds is 10. The first-order chi connectivity index (χ1) is 12.9. The molecular formula is C16H22N3O6PS. The van der Waals surface area contributed by atoms with Gasteiger partial charge >= 0.3 is 7.82 Å². The summed E-state index contributed by atoms with van der Waals surface area (Å²) in [6.45, 7) is 7.38. The quantitative estimate of drug-likeness (QED) is 0.206. The van der Waals surface area contributed by atoms with Crippen LogP contribution in [0.25, 0.3) is 0 Å². The largest absolute Gasteiger partial charge is 0.623 e. The van der Waals surface area contributed by atoms with Gasteiger partial charge in [0.2, 0.25) is 5.37 Å². The van der Waals surface area contributed by atoms with Crippen LogP contribution in [0, 0.1) is 5.21 Å². The van der Waals surface area contributed by atoms with Crippen molar-refractivity contribution < 1.29 is 27.7 Å². The highest BCUT2D eigenvalue weighted by Crippen LogP contribution is 2.49. The first kappa shape index (κ1) is 21.4. The van der Waals surface area contributed by atoms with Gasteiger partial charge in [-0.25, -0.2) is 9.30 Å². The molecule has 1 aromatic rings. The van der Waals surface area contributed by atoms with Crippen LogP contribution in [0.15, 0.2) is 29.3 Å². The van der Waals surface area contributed by atoms with Crippen LogP contribution in [-0.2, 0) is 13.6 Å². The zero-order valence-electron chi connectivity index (χ0n) is 15.1. The van der Waals surface area contributed by atoms with Gasteiger partial charge in [0.1, 0.15) is 19.0 Å². The molecule has 0 fully saturated rings.